The number of carbonyl (C=O) groups is 1. The van der Waals surface area contributed by atoms with E-state index in [4.69, 9.17) is 0 Å². The molecular formula is C15H20N2O5S2. The number of hydrogen-bond acceptors (Lipinski definition) is 5. The van der Waals surface area contributed by atoms with Crippen molar-refractivity contribution < 1.29 is 21.6 Å². The molecule has 0 aromatic heterocycles. The molecule has 0 aliphatic carbocycles. The van der Waals surface area contributed by atoms with Crippen molar-refractivity contribution in [3.05, 3.63) is 29.3 Å². The van der Waals surface area contributed by atoms with E-state index >= 15 is 0 Å². The number of benzene rings is 1. The first kappa shape index (κ1) is 17.2. The van der Waals surface area contributed by atoms with Crippen molar-refractivity contribution in [1.29, 1.82) is 0 Å². The fourth-order valence-corrected chi connectivity index (χ4v) is 6.36. The van der Waals surface area contributed by atoms with Gasteiger partial charge in [0, 0.05) is 12.1 Å². The van der Waals surface area contributed by atoms with Gasteiger partial charge < -0.3 is 5.32 Å². The highest BCUT2D eigenvalue weighted by Gasteiger charge is 2.39. The van der Waals surface area contributed by atoms with Crippen molar-refractivity contribution in [2.45, 2.75) is 25.3 Å². The Morgan fingerprint density at radius 1 is 1.33 bits per heavy atom. The zero-order chi connectivity index (χ0) is 17.8. The SMILES string of the molecule is C[C@]1(NC(=O)c2ccc3c(c2)CCN3S(C)(=O)=O)CCS(=O)(=O)C1. The van der Waals surface area contributed by atoms with E-state index < -0.39 is 25.4 Å². The number of sulfone groups is 1. The summed E-state index contributed by atoms with van der Waals surface area (Å²) in [5.74, 6) is -0.314. The van der Waals surface area contributed by atoms with E-state index in [0.29, 0.717) is 30.6 Å². The van der Waals surface area contributed by atoms with Crippen LogP contribution < -0.4 is 9.62 Å². The van der Waals surface area contributed by atoms with Crippen molar-refractivity contribution in [1.82, 2.24) is 5.32 Å². The molecule has 9 heteroatoms. The van der Waals surface area contributed by atoms with Gasteiger partial charge in [-0.1, -0.05) is 0 Å². The van der Waals surface area contributed by atoms with Gasteiger partial charge in [-0.3, -0.25) is 9.10 Å². The predicted octanol–water partition coefficient (Wildman–Crippen LogP) is 0.316. The summed E-state index contributed by atoms with van der Waals surface area (Å²) >= 11 is 0. The zero-order valence-electron chi connectivity index (χ0n) is 13.6. The van der Waals surface area contributed by atoms with E-state index in [2.05, 4.69) is 5.32 Å². The van der Waals surface area contributed by atoms with Gasteiger partial charge in [0.05, 0.1) is 29.0 Å². The number of nitrogens with zero attached hydrogens (tertiary/aromatic N) is 1. The Balaban J connectivity index is 1.81. The lowest BCUT2D eigenvalue weighted by Gasteiger charge is -2.24. The Morgan fingerprint density at radius 2 is 2.04 bits per heavy atom. The number of carbonyl (C=O) groups excluding carboxylic acids is 1. The van der Waals surface area contributed by atoms with Crippen LogP contribution in [0.15, 0.2) is 18.2 Å². The molecule has 2 aliphatic rings. The average Bonchev–Trinajstić information content (AvgIpc) is 2.98. The minimum Gasteiger partial charge on any atom is -0.346 e. The van der Waals surface area contributed by atoms with Gasteiger partial charge in [0.1, 0.15) is 0 Å². The molecule has 24 heavy (non-hydrogen) atoms. The maximum atomic E-state index is 12.5. The van der Waals surface area contributed by atoms with Crippen molar-refractivity contribution in [3.8, 4) is 0 Å². The van der Waals surface area contributed by atoms with Gasteiger partial charge >= 0.3 is 0 Å². The Kier molecular flexibility index (Phi) is 3.91. The second-order valence-electron chi connectivity index (χ2n) is 6.79. The maximum Gasteiger partial charge on any atom is 0.251 e. The molecule has 1 aromatic carbocycles. The fraction of sp³-hybridized carbons (Fsp3) is 0.533. The summed E-state index contributed by atoms with van der Waals surface area (Å²) in [7, 11) is -6.43. The summed E-state index contributed by atoms with van der Waals surface area (Å²) in [5, 5.41) is 2.81. The molecule has 1 aromatic rings. The number of hydrogen-bond donors (Lipinski definition) is 1. The quantitative estimate of drug-likeness (QED) is 0.823. The van der Waals surface area contributed by atoms with Gasteiger partial charge in [0.2, 0.25) is 10.0 Å². The Bertz CT molecular complexity index is 908. The van der Waals surface area contributed by atoms with E-state index in [1.165, 1.54) is 4.31 Å². The number of nitrogens with one attached hydrogen (secondary N) is 1. The number of sulfonamides is 1. The molecule has 3 rings (SSSR count). The monoisotopic (exact) mass is 372 g/mol. The largest absolute Gasteiger partial charge is 0.346 e. The summed E-state index contributed by atoms with van der Waals surface area (Å²) in [4.78, 5) is 12.5. The third kappa shape index (κ3) is 3.27. The number of fused-ring (bicyclic) bond motifs is 1. The van der Waals surface area contributed by atoms with Crippen LogP contribution in [0.2, 0.25) is 0 Å². The lowest BCUT2D eigenvalue weighted by atomic mass is 10.0. The van der Waals surface area contributed by atoms with Crippen LogP contribution in [0.5, 0.6) is 0 Å². The van der Waals surface area contributed by atoms with Crippen LogP contribution in [0.3, 0.4) is 0 Å². The average molecular weight is 372 g/mol. The zero-order valence-corrected chi connectivity index (χ0v) is 15.2. The normalized spacial score (nSPS) is 25.5. The van der Waals surface area contributed by atoms with Crippen LogP contribution in [0, 0.1) is 0 Å². The molecule has 132 valence electrons. The summed E-state index contributed by atoms with van der Waals surface area (Å²) in [6.45, 7) is 2.10. The second kappa shape index (κ2) is 5.45. The molecular weight excluding hydrogens is 352 g/mol. The molecule has 0 spiro atoms. The van der Waals surface area contributed by atoms with E-state index in [-0.39, 0.29) is 17.4 Å². The minimum atomic E-state index is -3.32. The van der Waals surface area contributed by atoms with E-state index in [9.17, 15) is 21.6 Å². The molecule has 1 amide bonds. The molecule has 1 saturated heterocycles. The molecule has 0 unspecified atom stereocenters. The van der Waals surface area contributed by atoms with E-state index in [1.54, 1.807) is 25.1 Å². The molecule has 0 radical (unpaired) electrons. The standard InChI is InChI=1S/C15H20N2O5S2/c1-15(6-8-24(21,22)10-15)16-14(18)12-3-4-13-11(9-12)5-7-17(13)23(2,19)20/h3-4,9H,5-8,10H2,1-2H3,(H,16,18)/t15-/m0/s1. The Hall–Kier alpha value is -1.61. The highest BCUT2D eigenvalue weighted by Crippen LogP contribution is 2.31. The predicted molar refractivity (Wildman–Crippen MR) is 91.5 cm³/mol. The number of rotatable bonds is 3. The van der Waals surface area contributed by atoms with Gasteiger partial charge in [0.25, 0.3) is 5.91 Å². The fourth-order valence-electron chi connectivity index (χ4n) is 3.31. The van der Waals surface area contributed by atoms with Crippen LogP contribution in [-0.4, -0.2) is 52.6 Å². The van der Waals surface area contributed by atoms with Gasteiger partial charge in [-0.25, -0.2) is 16.8 Å². The highest BCUT2D eigenvalue weighted by molar-refractivity contribution is 7.92. The van der Waals surface area contributed by atoms with Gasteiger partial charge in [-0.05, 0) is 43.5 Å². The summed E-state index contributed by atoms with van der Waals surface area (Å²) in [6.07, 6.45) is 2.10. The van der Waals surface area contributed by atoms with Crippen LogP contribution in [0.1, 0.15) is 29.3 Å². The first-order valence-electron chi connectivity index (χ1n) is 7.63. The molecule has 1 atom stereocenters. The molecule has 1 fully saturated rings. The van der Waals surface area contributed by atoms with Gasteiger partial charge in [-0.15, -0.1) is 0 Å². The second-order valence-corrected chi connectivity index (χ2v) is 10.9. The topological polar surface area (TPSA) is 101 Å². The summed E-state index contributed by atoms with van der Waals surface area (Å²) < 4.78 is 48.1. The smallest absolute Gasteiger partial charge is 0.251 e. The maximum absolute atomic E-state index is 12.5. The highest BCUT2D eigenvalue weighted by atomic mass is 32.2. The van der Waals surface area contributed by atoms with Crippen molar-refractivity contribution >= 4 is 31.5 Å². The lowest BCUT2D eigenvalue weighted by molar-refractivity contribution is 0.0915. The molecule has 2 heterocycles. The summed E-state index contributed by atoms with van der Waals surface area (Å²) in [6, 6.07) is 4.89. The molecule has 0 bridgehead atoms. The van der Waals surface area contributed by atoms with Crippen LogP contribution in [0.25, 0.3) is 0 Å². The number of amides is 1. The van der Waals surface area contributed by atoms with Gasteiger partial charge in [-0.2, -0.15) is 0 Å². The summed E-state index contributed by atoms with van der Waals surface area (Å²) in [5.41, 5.74) is 1.06. The Labute approximate surface area is 142 Å². The minimum absolute atomic E-state index is 0.0570. The first-order valence-corrected chi connectivity index (χ1v) is 11.3. The van der Waals surface area contributed by atoms with Crippen molar-refractivity contribution in [3.63, 3.8) is 0 Å². The third-order valence-electron chi connectivity index (χ3n) is 4.51. The van der Waals surface area contributed by atoms with Crippen molar-refractivity contribution in [2.75, 3.05) is 28.6 Å². The molecule has 2 aliphatic heterocycles. The lowest BCUT2D eigenvalue weighted by Crippen LogP contribution is -2.46. The van der Waals surface area contributed by atoms with Crippen LogP contribution in [0.4, 0.5) is 5.69 Å². The van der Waals surface area contributed by atoms with E-state index in [0.717, 1.165) is 11.8 Å². The van der Waals surface area contributed by atoms with Crippen LogP contribution >= 0.6 is 0 Å². The third-order valence-corrected chi connectivity index (χ3v) is 7.60. The molecule has 7 nitrogen and oxygen atoms in total. The first-order chi connectivity index (χ1) is 11.0. The van der Waals surface area contributed by atoms with Crippen LogP contribution in [-0.2, 0) is 26.3 Å². The number of anilines is 1. The Morgan fingerprint density at radius 3 is 2.62 bits per heavy atom. The van der Waals surface area contributed by atoms with E-state index in [1.807, 2.05) is 0 Å². The van der Waals surface area contributed by atoms with Crippen molar-refractivity contribution in [2.24, 2.45) is 0 Å². The molecule has 1 N–H and O–H groups in total. The molecule has 0 saturated carbocycles. The van der Waals surface area contributed by atoms with Gasteiger partial charge in [0.15, 0.2) is 9.84 Å².